The molecule has 0 unspecified atom stereocenters. The average molecular weight is 577 g/mol. The van der Waals surface area contributed by atoms with E-state index in [-0.39, 0.29) is 0 Å². The summed E-state index contributed by atoms with van der Waals surface area (Å²) < 4.78 is 0. The van der Waals surface area contributed by atoms with E-state index in [4.69, 9.17) is 5.10 Å². The first-order valence-electron chi connectivity index (χ1n) is 14.5. The molecule has 4 aromatic heterocycles. The summed E-state index contributed by atoms with van der Waals surface area (Å²) in [7, 11) is 0. The standard InChI is InChI=1S/C35H40N6S/c1-7-26(18-27(8-2)38-23(5)17-25-12-14-36-15-13-25)22(4)16-29-31(9-3)40-41-35(29)32-19-28-30(20-37-21-33(28)39-32)34-11-10-24(6)42-34/h7-11,16,18-21,25,36,38-40H,2,4-5,12-15,17H2,1,3,6H3/b26-7+,27-18+,29-16+,31-9+. The van der Waals surface area contributed by atoms with Crippen LogP contribution in [0.5, 0.6) is 0 Å². The Bertz CT molecular complexity index is 1800. The summed E-state index contributed by atoms with van der Waals surface area (Å²) >= 11 is 1.77. The first kappa shape index (κ1) is 29.3. The molecule has 0 saturated carbocycles. The number of nitrogens with one attached hydrogen (secondary N) is 4. The number of nitrogens with zero attached hydrogens (tertiary/aromatic N) is 2. The number of piperidine rings is 1. The van der Waals surface area contributed by atoms with Crippen LogP contribution < -0.4 is 21.2 Å². The Labute approximate surface area is 252 Å². The van der Waals surface area contributed by atoms with E-state index in [1.165, 1.54) is 22.6 Å². The van der Waals surface area contributed by atoms with Gasteiger partial charge < -0.3 is 15.6 Å². The van der Waals surface area contributed by atoms with Crippen molar-refractivity contribution in [2.45, 2.75) is 40.0 Å². The summed E-state index contributed by atoms with van der Waals surface area (Å²) in [5, 5.41) is 17.9. The summed E-state index contributed by atoms with van der Waals surface area (Å²) in [4.78, 5) is 10.5. The quantitative estimate of drug-likeness (QED) is 0.160. The van der Waals surface area contributed by atoms with Gasteiger partial charge in [0.2, 0.25) is 0 Å². The minimum absolute atomic E-state index is 0.663. The van der Waals surface area contributed by atoms with Gasteiger partial charge in [-0.05, 0) is 107 Å². The van der Waals surface area contributed by atoms with Crippen molar-refractivity contribution in [2.24, 2.45) is 5.92 Å². The Morgan fingerprint density at radius 2 is 1.98 bits per heavy atom. The molecule has 0 aliphatic carbocycles. The number of aromatic amines is 2. The SMILES string of the molecule is C=C/C(=C\C(=C/C)C(=C)/C=c1/c(-c2cc3c(-c4ccc(C)s4)cncc3[nH]2)n[nH]/c1=C/C)NC(=C)CC1CCNCC1. The zero-order valence-corrected chi connectivity index (χ0v) is 25.6. The lowest BCUT2D eigenvalue weighted by molar-refractivity contribution is 0.368. The molecule has 7 heteroatoms. The maximum atomic E-state index is 4.71. The smallest absolute Gasteiger partial charge is 0.116 e. The lowest BCUT2D eigenvalue weighted by Crippen LogP contribution is -2.28. The zero-order chi connectivity index (χ0) is 29.6. The summed E-state index contributed by atoms with van der Waals surface area (Å²) in [6, 6.07) is 6.47. The molecule has 42 heavy (non-hydrogen) atoms. The molecule has 0 aromatic carbocycles. The number of allylic oxidation sites excluding steroid dienone is 6. The number of fused-ring (bicyclic) bond motifs is 1. The Kier molecular flexibility index (Phi) is 9.20. The van der Waals surface area contributed by atoms with Crippen LogP contribution in [0.2, 0.25) is 0 Å². The van der Waals surface area contributed by atoms with E-state index in [1.807, 2.05) is 38.4 Å². The molecule has 1 aliphatic heterocycles. The molecule has 0 radical (unpaired) electrons. The predicted octanol–water partition coefficient (Wildman–Crippen LogP) is 6.64. The van der Waals surface area contributed by atoms with Gasteiger partial charge in [-0.15, -0.1) is 11.3 Å². The minimum Gasteiger partial charge on any atom is -0.359 e. The Morgan fingerprint density at radius 1 is 1.17 bits per heavy atom. The molecule has 0 amide bonds. The Balaban J connectivity index is 1.45. The van der Waals surface area contributed by atoms with Crippen LogP contribution in [0.25, 0.3) is 44.9 Å². The fourth-order valence-corrected chi connectivity index (χ4v) is 6.40. The fourth-order valence-electron chi connectivity index (χ4n) is 5.51. The highest BCUT2D eigenvalue weighted by molar-refractivity contribution is 7.15. The monoisotopic (exact) mass is 576 g/mol. The first-order valence-corrected chi connectivity index (χ1v) is 15.3. The van der Waals surface area contributed by atoms with Crippen molar-refractivity contribution in [1.82, 2.24) is 30.8 Å². The molecule has 4 N–H and O–H groups in total. The zero-order valence-electron chi connectivity index (χ0n) is 24.8. The molecular weight excluding hydrogens is 536 g/mol. The second kappa shape index (κ2) is 13.2. The van der Waals surface area contributed by atoms with E-state index in [2.05, 4.69) is 88.8 Å². The maximum absolute atomic E-state index is 4.71. The topological polar surface area (TPSA) is 81.4 Å². The van der Waals surface area contributed by atoms with Gasteiger partial charge in [-0.25, -0.2) is 0 Å². The van der Waals surface area contributed by atoms with Crippen molar-refractivity contribution < 1.29 is 0 Å². The molecule has 1 aliphatic rings. The Hall–Kier alpha value is -4.20. The Morgan fingerprint density at radius 3 is 2.67 bits per heavy atom. The van der Waals surface area contributed by atoms with Gasteiger partial charge in [0, 0.05) is 43.5 Å². The van der Waals surface area contributed by atoms with Crippen LogP contribution in [0.4, 0.5) is 0 Å². The van der Waals surface area contributed by atoms with Crippen LogP contribution in [-0.2, 0) is 0 Å². The van der Waals surface area contributed by atoms with E-state index in [0.29, 0.717) is 5.92 Å². The second-order valence-corrected chi connectivity index (χ2v) is 12.1. The maximum Gasteiger partial charge on any atom is 0.116 e. The number of thiophene rings is 1. The number of rotatable bonds is 10. The van der Waals surface area contributed by atoms with Crippen LogP contribution in [0.1, 0.15) is 38.0 Å². The molecule has 4 aromatic rings. The lowest BCUT2D eigenvalue weighted by atomic mass is 9.93. The summed E-state index contributed by atoms with van der Waals surface area (Å²) in [6.07, 6.45) is 17.3. The van der Waals surface area contributed by atoms with Crippen LogP contribution in [0, 0.1) is 12.8 Å². The highest BCUT2D eigenvalue weighted by atomic mass is 32.1. The van der Waals surface area contributed by atoms with E-state index < -0.39 is 0 Å². The molecule has 5 heterocycles. The van der Waals surface area contributed by atoms with Gasteiger partial charge in [0.1, 0.15) is 5.69 Å². The predicted molar refractivity (Wildman–Crippen MR) is 179 cm³/mol. The van der Waals surface area contributed by atoms with Crippen molar-refractivity contribution in [1.29, 1.82) is 0 Å². The molecule has 0 bridgehead atoms. The van der Waals surface area contributed by atoms with Gasteiger partial charge in [0.15, 0.2) is 0 Å². The molecule has 0 spiro atoms. The van der Waals surface area contributed by atoms with Gasteiger partial charge in [0.25, 0.3) is 0 Å². The third-order valence-electron chi connectivity index (χ3n) is 7.77. The highest BCUT2D eigenvalue weighted by Crippen LogP contribution is 2.34. The van der Waals surface area contributed by atoms with Crippen LogP contribution in [0.3, 0.4) is 0 Å². The first-order chi connectivity index (χ1) is 20.4. The molecule has 0 atom stereocenters. The van der Waals surface area contributed by atoms with Crippen LogP contribution >= 0.6 is 11.3 Å². The van der Waals surface area contributed by atoms with Gasteiger partial charge in [-0.2, -0.15) is 5.10 Å². The van der Waals surface area contributed by atoms with Crippen molar-refractivity contribution in [3.8, 4) is 21.8 Å². The third kappa shape index (κ3) is 6.48. The van der Waals surface area contributed by atoms with Crippen LogP contribution in [-0.4, -0.2) is 33.3 Å². The number of hydrogen-bond acceptors (Lipinski definition) is 5. The van der Waals surface area contributed by atoms with Gasteiger partial charge in [-0.3, -0.25) is 10.1 Å². The normalized spacial score (nSPS) is 15.9. The van der Waals surface area contributed by atoms with E-state index in [1.54, 1.807) is 11.3 Å². The number of hydrogen-bond donors (Lipinski definition) is 4. The fraction of sp³-hybridized carbons (Fsp3) is 0.257. The second-order valence-electron chi connectivity index (χ2n) is 10.8. The van der Waals surface area contributed by atoms with Crippen molar-refractivity contribution >= 4 is 34.4 Å². The minimum atomic E-state index is 0.663. The summed E-state index contributed by atoms with van der Waals surface area (Å²) in [5.41, 5.74) is 7.66. The van der Waals surface area contributed by atoms with E-state index in [9.17, 15) is 0 Å². The highest BCUT2D eigenvalue weighted by Gasteiger charge is 2.15. The largest absolute Gasteiger partial charge is 0.359 e. The lowest BCUT2D eigenvalue weighted by Gasteiger charge is -2.24. The number of pyridine rings is 1. The molecular formula is C35H40N6S. The summed E-state index contributed by atoms with van der Waals surface area (Å²) in [6.45, 7) is 21.1. The molecule has 5 rings (SSSR count). The van der Waals surface area contributed by atoms with E-state index >= 15 is 0 Å². The van der Waals surface area contributed by atoms with Gasteiger partial charge >= 0.3 is 0 Å². The molecule has 6 nitrogen and oxygen atoms in total. The average Bonchev–Trinajstić information content (AvgIpc) is 3.73. The van der Waals surface area contributed by atoms with Crippen LogP contribution in [0.15, 0.2) is 91.1 Å². The number of aromatic nitrogens is 4. The van der Waals surface area contributed by atoms with Crippen molar-refractivity contribution in [3.05, 3.63) is 107 Å². The van der Waals surface area contributed by atoms with Crippen molar-refractivity contribution in [3.63, 3.8) is 0 Å². The third-order valence-corrected chi connectivity index (χ3v) is 8.81. The van der Waals surface area contributed by atoms with Gasteiger partial charge in [0.05, 0.1) is 22.8 Å². The number of H-pyrrole nitrogens is 2. The van der Waals surface area contributed by atoms with Crippen molar-refractivity contribution in [2.75, 3.05) is 13.1 Å². The van der Waals surface area contributed by atoms with Gasteiger partial charge in [-0.1, -0.05) is 31.9 Å². The molecule has 1 saturated heterocycles. The molecule has 1 fully saturated rings. The summed E-state index contributed by atoms with van der Waals surface area (Å²) in [5.74, 6) is 0.663. The number of aryl methyl sites for hydroxylation is 1. The van der Waals surface area contributed by atoms with E-state index in [0.717, 1.165) is 80.5 Å². The molecule has 216 valence electrons.